The summed E-state index contributed by atoms with van der Waals surface area (Å²) in [5.41, 5.74) is 7.34. The van der Waals surface area contributed by atoms with Crippen molar-refractivity contribution in [1.82, 2.24) is 4.90 Å². The Kier molecular flexibility index (Phi) is 4.72. The summed E-state index contributed by atoms with van der Waals surface area (Å²) in [6, 6.07) is 15.0. The third kappa shape index (κ3) is 2.83. The predicted octanol–water partition coefficient (Wildman–Crippen LogP) is 3.46. The van der Waals surface area contributed by atoms with E-state index in [-0.39, 0.29) is 23.4 Å². The number of nitriles is 1. The molecule has 1 heterocycles. The van der Waals surface area contributed by atoms with E-state index in [9.17, 15) is 4.79 Å². The SMILES string of the molecule is COC1CCC2(CC1)Cc1ccc(Oc3cccc(C#N)c3)cc1[C@@]21N=C(N)N(C)C1=O. The minimum absolute atomic E-state index is 0.0757. The molecule has 1 amide bonds. The Bertz CT molecular complexity index is 1160. The van der Waals surface area contributed by atoms with E-state index in [0.29, 0.717) is 17.1 Å². The van der Waals surface area contributed by atoms with Gasteiger partial charge in [0.25, 0.3) is 5.91 Å². The number of amides is 1. The molecule has 2 spiro atoms. The lowest BCUT2D eigenvalue weighted by atomic mass is 9.61. The number of fused-ring (bicyclic) bond motifs is 3. The molecule has 0 saturated heterocycles. The summed E-state index contributed by atoms with van der Waals surface area (Å²) in [6.45, 7) is 0. The van der Waals surface area contributed by atoms with Gasteiger partial charge in [-0.15, -0.1) is 0 Å². The number of hydrogen-bond acceptors (Lipinski definition) is 6. The Morgan fingerprint density at radius 3 is 2.59 bits per heavy atom. The molecule has 0 bridgehead atoms. The van der Waals surface area contributed by atoms with Crippen molar-refractivity contribution in [1.29, 1.82) is 5.26 Å². The highest BCUT2D eigenvalue weighted by Crippen LogP contribution is 2.62. The van der Waals surface area contributed by atoms with Gasteiger partial charge in [0.15, 0.2) is 11.5 Å². The molecule has 5 rings (SSSR count). The monoisotopic (exact) mass is 430 g/mol. The van der Waals surface area contributed by atoms with Crippen LogP contribution in [0.1, 0.15) is 42.4 Å². The smallest absolute Gasteiger partial charge is 0.262 e. The van der Waals surface area contributed by atoms with Gasteiger partial charge in [-0.25, -0.2) is 4.99 Å². The first kappa shape index (κ1) is 20.5. The van der Waals surface area contributed by atoms with Crippen LogP contribution in [-0.4, -0.2) is 37.0 Å². The molecule has 2 aliphatic carbocycles. The van der Waals surface area contributed by atoms with Crippen molar-refractivity contribution >= 4 is 11.9 Å². The van der Waals surface area contributed by atoms with E-state index < -0.39 is 5.54 Å². The molecular weight excluding hydrogens is 404 g/mol. The van der Waals surface area contributed by atoms with Crippen LogP contribution in [0.2, 0.25) is 0 Å². The number of nitrogens with zero attached hydrogens (tertiary/aromatic N) is 3. The molecule has 7 nitrogen and oxygen atoms in total. The van der Waals surface area contributed by atoms with Gasteiger partial charge in [-0.1, -0.05) is 12.1 Å². The molecular formula is C25H26N4O3. The van der Waals surface area contributed by atoms with Gasteiger partial charge < -0.3 is 15.2 Å². The van der Waals surface area contributed by atoms with E-state index in [2.05, 4.69) is 6.07 Å². The van der Waals surface area contributed by atoms with Crippen molar-refractivity contribution < 1.29 is 14.3 Å². The molecule has 1 aliphatic heterocycles. The van der Waals surface area contributed by atoms with E-state index in [1.54, 1.807) is 32.4 Å². The van der Waals surface area contributed by atoms with E-state index in [0.717, 1.165) is 43.2 Å². The van der Waals surface area contributed by atoms with Crippen LogP contribution in [0, 0.1) is 16.7 Å². The van der Waals surface area contributed by atoms with E-state index in [1.807, 2.05) is 24.3 Å². The van der Waals surface area contributed by atoms with Crippen LogP contribution in [0.5, 0.6) is 11.5 Å². The number of guanidine groups is 1. The first-order valence-electron chi connectivity index (χ1n) is 10.9. The molecule has 0 radical (unpaired) electrons. The van der Waals surface area contributed by atoms with Gasteiger partial charge in [0.05, 0.1) is 17.7 Å². The van der Waals surface area contributed by atoms with Crippen LogP contribution in [-0.2, 0) is 21.5 Å². The number of rotatable bonds is 3. The van der Waals surface area contributed by atoms with Gasteiger partial charge in [0.2, 0.25) is 0 Å². The zero-order valence-corrected chi connectivity index (χ0v) is 18.3. The molecule has 2 N–H and O–H groups in total. The molecule has 32 heavy (non-hydrogen) atoms. The van der Waals surface area contributed by atoms with E-state index in [4.69, 9.17) is 25.5 Å². The lowest BCUT2D eigenvalue weighted by Gasteiger charge is -2.45. The summed E-state index contributed by atoms with van der Waals surface area (Å²) in [5.74, 6) is 1.36. The van der Waals surface area contributed by atoms with Gasteiger partial charge in [-0.05, 0) is 73.6 Å². The molecule has 2 aromatic rings. The topological polar surface area (TPSA) is 101 Å². The number of carbonyl (C=O) groups excluding carboxylic acids is 1. The zero-order valence-electron chi connectivity index (χ0n) is 18.3. The Morgan fingerprint density at radius 2 is 1.94 bits per heavy atom. The molecule has 1 atom stereocenters. The predicted molar refractivity (Wildman–Crippen MR) is 119 cm³/mol. The van der Waals surface area contributed by atoms with Crippen LogP contribution < -0.4 is 10.5 Å². The van der Waals surface area contributed by atoms with Crippen molar-refractivity contribution in [3.63, 3.8) is 0 Å². The first-order chi connectivity index (χ1) is 15.4. The molecule has 2 aromatic carbocycles. The Labute approximate surface area is 187 Å². The maximum absolute atomic E-state index is 13.7. The second-order valence-electron chi connectivity index (χ2n) is 9.00. The van der Waals surface area contributed by atoms with Crippen LogP contribution in [0.25, 0.3) is 0 Å². The second kappa shape index (κ2) is 7.35. The van der Waals surface area contributed by atoms with E-state index >= 15 is 0 Å². The number of hydrogen-bond donors (Lipinski definition) is 1. The fourth-order valence-corrected chi connectivity index (χ4v) is 5.73. The summed E-state index contributed by atoms with van der Waals surface area (Å²) in [7, 11) is 3.44. The average molecular weight is 431 g/mol. The highest BCUT2D eigenvalue weighted by Gasteiger charge is 2.66. The molecule has 3 aliphatic rings. The van der Waals surface area contributed by atoms with Crippen molar-refractivity contribution in [2.75, 3.05) is 14.2 Å². The summed E-state index contributed by atoms with van der Waals surface area (Å²) in [5, 5.41) is 9.17. The summed E-state index contributed by atoms with van der Waals surface area (Å²) >= 11 is 0. The number of likely N-dealkylation sites (N-methyl/N-ethyl adjacent to an activating group) is 1. The average Bonchev–Trinajstić information content (AvgIpc) is 3.21. The van der Waals surface area contributed by atoms with Gasteiger partial charge in [-0.2, -0.15) is 5.26 Å². The Balaban J connectivity index is 1.58. The highest BCUT2D eigenvalue weighted by molar-refractivity contribution is 6.08. The Morgan fingerprint density at radius 1 is 1.19 bits per heavy atom. The molecule has 1 saturated carbocycles. The number of benzene rings is 2. The first-order valence-corrected chi connectivity index (χ1v) is 10.9. The van der Waals surface area contributed by atoms with Crippen molar-refractivity contribution in [3.8, 4) is 17.6 Å². The van der Waals surface area contributed by atoms with Crippen LogP contribution >= 0.6 is 0 Å². The third-order valence-electron chi connectivity index (χ3n) is 7.43. The highest BCUT2D eigenvalue weighted by atomic mass is 16.5. The van der Waals surface area contributed by atoms with Gasteiger partial charge in [0, 0.05) is 19.6 Å². The molecule has 7 heteroatoms. The standard InChI is InChI=1S/C25H26N4O3/c1-29-22(30)25(28-23(29)27)21-13-20(32-19-5-3-4-16(12-19)15-26)7-6-17(21)14-24(25)10-8-18(31-2)9-11-24/h3-7,12-13,18H,8-11,14H2,1-2H3,(H2,27,28)/t18?,24?,25-/m0/s1. The maximum atomic E-state index is 13.7. The normalized spacial score (nSPS) is 28.7. The number of ether oxygens (including phenoxy) is 2. The Hall–Kier alpha value is -3.37. The largest absolute Gasteiger partial charge is 0.457 e. The quantitative estimate of drug-likeness (QED) is 0.804. The number of nitrogens with two attached hydrogens (primary N) is 1. The molecule has 164 valence electrons. The fraction of sp³-hybridized carbons (Fsp3) is 0.400. The van der Waals surface area contributed by atoms with Gasteiger partial charge in [0.1, 0.15) is 11.5 Å². The van der Waals surface area contributed by atoms with Crippen LogP contribution in [0.3, 0.4) is 0 Å². The fourth-order valence-electron chi connectivity index (χ4n) is 5.73. The lowest BCUT2D eigenvalue weighted by molar-refractivity contribution is -0.137. The van der Waals surface area contributed by atoms with Gasteiger partial charge in [-0.3, -0.25) is 9.69 Å². The number of methoxy groups -OCH3 is 1. The van der Waals surface area contributed by atoms with E-state index in [1.165, 1.54) is 4.90 Å². The second-order valence-corrected chi connectivity index (χ2v) is 9.00. The zero-order chi connectivity index (χ0) is 22.5. The minimum atomic E-state index is -1.03. The summed E-state index contributed by atoms with van der Waals surface area (Å²) < 4.78 is 11.7. The summed E-state index contributed by atoms with van der Waals surface area (Å²) in [4.78, 5) is 20.0. The van der Waals surface area contributed by atoms with Gasteiger partial charge >= 0.3 is 0 Å². The maximum Gasteiger partial charge on any atom is 0.262 e. The molecule has 0 aromatic heterocycles. The summed E-state index contributed by atoms with van der Waals surface area (Å²) in [6.07, 6.45) is 4.46. The third-order valence-corrected chi connectivity index (χ3v) is 7.43. The molecule has 0 unspecified atom stereocenters. The number of aliphatic imine (C=N–C) groups is 1. The van der Waals surface area contributed by atoms with Crippen molar-refractivity contribution in [2.24, 2.45) is 16.1 Å². The minimum Gasteiger partial charge on any atom is -0.457 e. The van der Waals surface area contributed by atoms with Crippen LogP contribution in [0.4, 0.5) is 0 Å². The lowest BCUT2D eigenvalue weighted by Crippen LogP contribution is -2.51. The number of carbonyl (C=O) groups is 1. The van der Waals surface area contributed by atoms with Crippen molar-refractivity contribution in [3.05, 3.63) is 59.2 Å². The van der Waals surface area contributed by atoms with Crippen LogP contribution in [0.15, 0.2) is 47.5 Å². The molecule has 1 fully saturated rings. The van der Waals surface area contributed by atoms with Crippen molar-refractivity contribution in [2.45, 2.75) is 43.7 Å².